The summed E-state index contributed by atoms with van der Waals surface area (Å²) in [4.78, 5) is 32.5. The third kappa shape index (κ3) is 5.71. The van der Waals surface area contributed by atoms with Crippen LogP contribution in [0.1, 0.15) is 56.7 Å². The molecule has 3 aliphatic rings. The molecule has 0 spiro atoms. The topological polar surface area (TPSA) is 133 Å². The molecule has 1 aromatic rings. The third-order valence-electron chi connectivity index (χ3n) is 6.68. The molecule has 2 amide bonds. The Kier molecular flexibility index (Phi) is 6.98. The van der Waals surface area contributed by atoms with Gasteiger partial charge in [0, 0.05) is 43.3 Å². The Morgan fingerprint density at radius 2 is 2.14 bits per heavy atom. The van der Waals surface area contributed by atoms with E-state index < -0.39 is 26.8 Å². The first-order valence-electron chi connectivity index (χ1n) is 11.6. The van der Waals surface area contributed by atoms with E-state index in [-0.39, 0.29) is 31.1 Å². The predicted octanol–water partition coefficient (Wildman–Crippen LogP) is 0.886. The Bertz CT molecular complexity index is 1240. The summed E-state index contributed by atoms with van der Waals surface area (Å²) in [5.41, 5.74) is 9.16. The van der Waals surface area contributed by atoms with E-state index in [2.05, 4.69) is 29.2 Å². The van der Waals surface area contributed by atoms with Gasteiger partial charge in [0.1, 0.15) is 0 Å². The summed E-state index contributed by atoms with van der Waals surface area (Å²) in [6.45, 7) is 2.22. The number of hydroxylamine groups is 1. The third-order valence-corrected chi connectivity index (χ3v) is 8.70. The molecule has 11 heteroatoms. The number of nitrogens with two attached hydrogens (primary N) is 1. The van der Waals surface area contributed by atoms with Gasteiger partial charge in [-0.25, -0.2) is 23.5 Å². The number of amides is 2. The fraction of sp³-hybridized carbons (Fsp3) is 0.583. The average molecular weight is 503 g/mol. The van der Waals surface area contributed by atoms with Gasteiger partial charge in [-0.3, -0.25) is 9.36 Å². The molecule has 2 aliphatic heterocycles. The summed E-state index contributed by atoms with van der Waals surface area (Å²) in [5.74, 6) is 10.6. The largest absolute Gasteiger partial charge is 0.350 e. The second kappa shape index (κ2) is 9.67. The number of nitrogens with one attached hydrogen (secondary N) is 1. The first kappa shape index (κ1) is 25.3. The monoisotopic (exact) mass is 502 g/mol. The lowest BCUT2D eigenvalue weighted by atomic mass is 10.1. The molecule has 3 N–H and O–H groups in total. The van der Waals surface area contributed by atoms with Gasteiger partial charge >= 0.3 is 6.03 Å². The number of fused-ring (bicyclic) bond motifs is 1. The molecule has 35 heavy (non-hydrogen) atoms. The van der Waals surface area contributed by atoms with Gasteiger partial charge < -0.3 is 15.4 Å². The van der Waals surface area contributed by atoms with Crippen molar-refractivity contribution in [1.29, 1.82) is 0 Å². The summed E-state index contributed by atoms with van der Waals surface area (Å²) in [7, 11) is -3.82. The molecule has 10 nitrogen and oxygen atoms in total. The first-order chi connectivity index (χ1) is 16.5. The van der Waals surface area contributed by atoms with Crippen LogP contribution in [0.15, 0.2) is 12.3 Å². The smallest absolute Gasteiger partial charge is 0.328 e. The van der Waals surface area contributed by atoms with Crippen molar-refractivity contribution in [3.05, 3.63) is 23.5 Å². The van der Waals surface area contributed by atoms with Crippen LogP contribution in [0.2, 0.25) is 0 Å². The van der Waals surface area contributed by atoms with Crippen LogP contribution in [0.3, 0.4) is 0 Å². The van der Waals surface area contributed by atoms with E-state index in [1.165, 1.54) is 16.4 Å². The van der Waals surface area contributed by atoms with Crippen LogP contribution in [-0.4, -0.2) is 65.8 Å². The zero-order chi connectivity index (χ0) is 25.3. The predicted molar refractivity (Wildman–Crippen MR) is 127 cm³/mol. The number of carbonyl (C=O) groups is 2. The zero-order valence-corrected chi connectivity index (χ0v) is 20.7. The molecule has 3 heterocycles. The minimum absolute atomic E-state index is 0.0719. The summed E-state index contributed by atoms with van der Waals surface area (Å²) < 4.78 is 30.2. The van der Waals surface area contributed by atoms with E-state index in [1.54, 1.807) is 12.3 Å². The summed E-state index contributed by atoms with van der Waals surface area (Å²) in [5, 5.41) is 0. The van der Waals surface area contributed by atoms with Crippen LogP contribution >= 0.6 is 0 Å². The van der Waals surface area contributed by atoms with Crippen molar-refractivity contribution in [3.63, 3.8) is 0 Å². The SMILES string of the molecule is C[C@@](CCN1Cc2cc(C#CC#CC3(N)CC3)cn2C1=O)(C(=O)NO[C@@H]1CCCCO1)S(C)(=O)=O. The van der Waals surface area contributed by atoms with Gasteiger partial charge in [0.2, 0.25) is 0 Å². The molecule has 1 saturated carbocycles. The molecule has 4 rings (SSSR count). The highest BCUT2D eigenvalue weighted by molar-refractivity contribution is 7.92. The maximum atomic E-state index is 12.9. The van der Waals surface area contributed by atoms with E-state index in [0.29, 0.717) is 18.6 Å². The molecule has 0 aromatic carbocycles. The van der Waals surface area contributed by atoms with Crippen molar-refractivity contribution in [1.82, 2.24) is 14.9 Å². The van der Waals surface area contributed by atoms with Gasteiger partial charge in [-0.2, -0.15) is 0 Å². The standard InChI is InChI=1S/C24H30N4O6S/c1-23(35(2,31)32,21(29)26-34-20-8-4-6-14-33-20)12-13-27-17-19-15-18(16-28(19)22(27)30)7-3-5-9-24(25)10-11-24/h15-16,20H,4,6,8,10-14,17,25H2,1-2H3,(H,26,29)/t20-,23-/m1/s1. The molecule has 2 atom stereocenters. The summed E-state index contributed by atoms with van der Waals surface area (Å²) in [6, 6.07) is 1.49. The van der Waals surface area contributed by atoms with E-state index in [0.717, 1.165) is 37.6 Å². The zero-order valence-electron chi connectivity index (χ0n) is 19.9. The lowest BCUT2D eigenvalue weighted by Gasteiger charge is -2.29. The van der Waals surface area contributed by atoms with E-state index in [4.69, 9.17) is 15.3 Å². The minimum Gasteiger partial charge on any atom is -0.350 e. The van der Waals surface area contributed by atoms with Gasteiger partial charge in [-0.1, -0.05) is 11.8 Å². The lowest BCUT2D eigenvalue weighted by Crippen LogP contribution is -2.52. The van der Waals surface area contributed by atoms with Crippen molar-refractivity contribution in [2.75, 3.05) is 19.4 Å². The van der Waals surface area contributed by atoms with Crippen LogP contribution in [0.4, 0.5) is 4.79 Å². The number of aromatic nitrogens is 1. The minimum atomic E-state index is -3.82. The van der Waals surface area contributed by atoms with E-state index >= 15 is 0 Å². The lowest BCUT2D eigenvalue weighted by molar-refractivity contribution is -0.201. The van der Waals surface area contributed by atoms with Gasteiger partial charge in [-0.15, -0.1) is 0 Å². The van der Waals surface area contributed by atoms with Crippen molar-refractivity contribution < 1.29 is 27.6 Å². The van der Waals surface area contributed by atoms with Crippen LogP contribution < -0.4 is 11.2 Å². The number of hydrogen-bond donors (Lipinski definition) is 2. The normalized spacial score (nSPS) is 22.2. The molecule has 1 aliphatic carbocycles. The highest BCUT2D eigenvalue weighted by Crippen LogP contribution is 2.30. The highest BCUT2D eigenvalue weighted by atomic mass is 32.2. The van der Waals surface area contributed by atoms with Crippen LogP contribution in [0.5, 0.6) is 0 Å². The number of hydrogen-bond acceptors (Lipinski definition) is 7. The van der Waals surface area contributed by atoms with Crippen molar-refractivity contribution >= 4 is 21.8 Å². The Balaban J connectivity index is 1.36. The number of ether oxygens (including phenoxy) is 1. The second-order valence-corrected chi connectivity index (χ2v) is 12.0. The fourth-order valence-corrected chi connectivity index (χ4v) is 4.67. The Labute approximate surface area is 205 Å². The number of carbonyl (C=O) groups excluding carboxylic acids is 2. The van der Waals surface area contributed by atoms with E-state index in [1.807, 2.05) is 0 Å². The molecule has 0 bridgehead atoms. The molecule has 1 aromatic heterocycles. The summed E-state index contributed by atoms with van der Waals surface area (Å²) >= 11 is 0. The first-order valence-corrected chi connectivity index (χ1v) is 13.5. The Morgan fingerprint density at radius 1 is 1.37 bits per heavy atom. The van der Waals surface area contributed by atoms with Crippen molar-refractivity contribution in [2.24, 2.45) is 5.73 Å². The average Bonchev–Trinajstić information content (AvgIpc) is 3.30. The van der Waals surface area contributed by atoms with Gasteiger partial charge in [0.15, 0.2) is 20.9 Å². The highest BCUT2D eigenvalue weighted by Gasteiger charge is 2.45. The van der Waals surface area contributed by atoms with Crippen molar-refractivity contribution in [3.8, 4) is 23.7 Å². The van der Waals surface area contributed by atoms with E-state index in [9.17, 15) is 18.0 Å². The molecule has 1 saturated heterocycles. The number of rotatable bonds is 7. The molecule has 188 valence electrons. The van der Waals surface area contributed by atoms with Gasteiger partial charge in [0.05, 0.1) is 12.1 Å². The van der Waals surface area contributed by atoms with Crippen LogP contribution in [-0.2, 0) is 30.8 Å². The number of sulfone groups is 1. The van der Waals surface area contributed by atoms with Crippen LogP contribution in [0.25, 0.3) is 0 Å². The van der Waals surface area contributed by atoms with Gasteiger partial charge in [-0.05, 0) is 56.9 Å². The molecular weight excluding hydrogens is 472 g/mol. The molecule has 2 fully saturated rings. The molecule has 0 unspecified atom stereocenters. The van der Waals surface area contributed by atoms with Crippen molar-refractivity contribution in [2.45, 2.75) is 68.6 Å². The summed E-state index contributed by atoms with van der Waals surface area (Å²) in [6.07, 6.45) is 6.13. The maximum Gasteiger partial charge on any atom is 0.328 e. The Hall–Kier alpha value is -2.83. The van der Waals surface area contributed by atoms with Crippen LogP contribution in [0, 0.1) is 23.7 Å². The number of nitrogens with zero attached hydrogens (tertiary/aromatic N) is 2. The molecule has 0 radical (unpaired) electrons. The fourth-order valence-electron chi connectivity index (χ4n) is 3.83. The maximum absolute atomic E-state index is 12.9. The quantitative estimate of drug-likeness (QED) is 0.418. The Morgan fingerprint density at radius 3 is 2.77 bits per heavy atom. The van der Waals surface area contributed by atoms with Gasteiger partial charge in [0.25, 0.3) is 5.91 Å². The molecular formula is C24H30N4O6S. The second-order valence-electron chi connectivity index (χ2n) is 9.55.